The van der Waals surface area contributed by atoms with Crippen molar-refractivity contribution in [3.63, 3.8) is 0 Å². The summed E-state index contributed by atoms with van der Waals surface area (Å²) in [6.45, 7) is 7.13. The number of piperazine rings is 1. The van der Waals surface area contributed by atoms with E-state index in [1.165, 1.54) is 0 Å². The van der Waals surface area contributed by atoms with Crippen molar-refractivity contribution in [1.29, 1.82) is 0 Å². The molecule has 1 N–H and O–H groups in total. The standard InChI is InChI=1S/C28H34N6O4S/c1-18(20-12-26(35)29-14-20)38-28-27-25(30-17-34(27)22-6-7-22)13-24(31-28)19-2-4-21(5-3-19)32-8-10-33(11-9-32)39(36)23-15-37-16-23/h2-5,13,17-18,20,22-23H,6-12,14-16H2,1H3,(H,29,35)/t18-,20-,39?/m1/s1. The number of nitrogens with one attached hydrogen (secondary N) is 1. The van der Waals surface area contributed by atoms with Crippen LogP contribution in [0.5, 0.6) is 5.88 Å². The second-order valence-corrected chi connectivity index (χ2v) is 12.8. The van der Waals surface area contributed by atoms with Crippen molar-refractivity contribution in [2.75, 3.05) is 50.8 Å². The van der Waals surface area contributed by atoms with Crippen molar-refractivity contribution in [2.24, 2.45) is 5.92 Å². The third-order valence-corrected chi connectivity index (χ3v) is 10.1. The van der Waals surface area contributed by atoms with Gasteiger partial charge in [0.05, 0.1) is 43.8 Å². The van der Waals surface area contributed by atoms with Gasteiger partial charge >= 0.3 is 0 Å². The van der Waals surface area contributed by atoms with Gasteiger partial charge in [0.15, 0.2) is 5.25 Å². The van der Waals surface area contributed by atoms with Crippen LogP contribution in [0.15, 0.2) is 36.7 Å². The molecule has 3 aromatic rings. The van der Waals surface area contributed by atoms with Crippen molar-refractivity contribution in [3.05, 3.63) is 36.7 Å². The third kappa shape index (κ3) is 4.97. The van der Waals surface area contributed by atoms with Crippen LogP contribution in [-0.2, 0) is 20.9 Å². The molecule has 7 rings (SSSR count). The average molecular weight is 551 g/mol. The number of hydrogen-bond acceptors (Lipinski definition) is 8. The summed E-state index contributed by atoms with van der Waals surface area (Å²) in [4.78, 5) is 23.8. The van der Waals surface area contributed by atoms with E-state index < -0.39 is 11.4 Å². The number of aromatic nitrogens is 3. The Labute approximate surface area is 231 Å². The number of carbonyl (C=O) groups excluding carboxylic acids is 1. The molecule has 3 atom stereocenters. The van der Waals surface area contributed by atoms with Crippen molar-refractivity contribution in [2.45, 2.75) is 43.6 Å². The second-order valence-electron chi connectivity index (χ2n) is 11.1. The summed E-state index contributed by atoms with van der Waals surface area (Å²) in [5, 5.41) is 3.07. The van der Waals surface area contributed by atoms with Crippen LogP contribution in [0.3, 0.4) is 0 Å². The van der Waals surface area contributed by atoms with Gasteiger partial charge in [-0.1, -0.05) is 12.1 Å². The van der Waals surface area contributed by atoms with Gasteiger partial charge in [-0.3, -0.25) is 4.79 Å². The van der Waals surface area contributed by atoms with Crippen molar-refractivity contribution >= 4 is 34.0 Å². The summed E-state index contributed by atoms with van der Waals surface area (Å²) in [5.41, 5.74) is 4.78. The maximum absolute atomic E-state index is 12.6. The molecule has 11 heteroatoms. The van der Waals surface area contributed by atoms with Gasteiger partial charge in [-0.05, 0) is 38.0 Å². The van der Waals surface area contributed by atoms with E-state index in [1.54, 1.807) is 0 Å². The molecule has 39 heavy (non-hydrogen) atoms. The second kappa shape index (κ2) is 10.3. The Morgan fingerprint density at radius 2 is 1.92 bits per heavy atom. The fraction of sp³-hybridized carbons (Fsp3) is 0.536. The number of benzene rings is 1. The highest BCUT2D eigenvalue weighted by Crippen LogP contribution is 2.40. The minimum atomic E-state index is -0.949. The Bertz CT molecular complexity index is 1350. The number of anilines is 1. The third-order valence-electron chi connectivity index (χ3n) is 8.34. The molecule has 1 amide bonds. The maximum Gasteiger partial charge on any atom is 0.241 e. The van der Waals surface area contributed by atoms with Crippen molar-refractivity contribution in [1.82, 2.24) is 24.2 Å². The van der Waals surface area contributed by atoms with E-state index in [0.29, 0.717) is 38.1 Å². The van der Waals surface area contributed by atoms with E-state index in [4.69, 9.17) is 19.4 Å². The minimum Gasteiger partial charge on any atom is -0.598 e. The molecular formula is C28H34N6O4S. The van der Waals surface area contributed by atoms with Crippen molar-refractivity contribution < 1.29 is 18.8 Å². The number of amides is 1. The highest BCUT2D eigenvalue weighted by Gasteiger charge is 2.37. The summed E-state index contributed by atoms with van der Waals surface area (Å²) in [6.07, 6.45) is 4.52. The molecule has 1 saturated carbocycles. The largest absolute Gasteiger partial charge is 0.598 e. The van der Waals surface area contributed by atoms with Crippen LogP contribution in [0.1, 0.15) is 32.2 Å². The monoisotopic (exact) mass is 550 g/mol. The summed E-state index contributed by atoms with van der Waals surface area (Å²) in [7, 11) is 0. The van der Waals surface area contributed by atoms with Gasteiger partial charge in [-0.15, -0.1) is 4.31 Å². The number of fused-ring (bicyclic) bond motifs is 1. The Morgan fingerprint density at radius 1 is 1.15 bits per heavy atom. The summed E-state index contributed by atoms with van der Waals surface area (Å²) >= 11 is -0.949. The molecule has 1 aliphatic carbocycles. The summed E-state index contributed by atoms with van der Waals surface area (Å²) in [5.74, 6) is 0.784. The molecule has 206 valence electrons. The molecule has 2 aromatic heterocycles. The van der Waals surface area contributed by atoms with Gasteiger partial charge in [0.25, 0.3) is 0 Å². The lowest BCUT2D eigenvalue weighted by Gasteiger charge is -2.39. The van der Waals surface area contributed by atoms with Gasteiger partial charge in [-0.25, -0.2) is 9.97 Å². The maximum atomic E-state index is 12.6. The quantitative estimate of drug-likeness (QED) is 0.427. The molecule has 3 saturated heterocycles. The van der Waals surface area contributed by atoms with E-state index >= 15 is 0 Å². The lowest BCUT2D eigenvalue weighted by molar-refractivity contribution is -0.119. The lowest BCUT2D eigenvalue weighted by Crippen LogP contribution is -2.55. The molecule has 1 unspecified atom stereocenters. The predicted molar refractivity (Wildman–Crippen MR) is 149 cm³/mol. The summed E-state index contributed by atoms with van der Waals surface area (Å²) < 4.78 is 28.6. The fourth-order valence-corrected chi connectivity index (χ4v) is 7.00. The molecule has 0 spiro atoms. The number of nitrogens with zero attached hydrogens (tertiary/aromatic N) is 5. The highest BCUT2D eigenvalue weighted by atomic mass is 32.2. The van der Waals surface area contributed by atoms with Crippen LogP contribution in [0.2, 0.25) is 0 Å². The first kappa shape index (κ1) is 25.1. The number of pyridine rings is 1. The van der Waals surface area contributed by atoms with Crippen LogP contribution >= 0.6 is 0 Å². The summed E-state index contributed by atoms with van der Waals surface area (Å²) in [6, 6.07) is 11.0. The van der Waals surface area contributed by atoms with Crippen LogP contribution in [0.4, 0.5) is 5.69 Å². The normalized spacial score (nSPS) is 24.0. The number of imidazole rings is 1. The zero-order valence-corrected chi connectivity index (χ0v) is 22.9. The van der Waals surface area contributed by atoms with Crippen LogP contribution in [0, 0.1) is 5.92 Å². The number of ether oxygens (including phenoxy) is 2. The van der Waals surface area contributed by atoms with E-state index in [-0.39, 0.29) is 23.2 Å². The van der Waals surface area contributed by atoms with Crippen LogP contribution < -0.4 is 15.0 Å². The molecule has 5 heterocycles. The zero-order chi connectivity index (χ0) is 26.5. The minimum absolute atomic E-state index is 0.0769. The molecule has 0 radical (unpaired) electrons. The molecule has 4 fully saturated rings. The molecular weight excluding hydrogens is 516 g/mol. The van der Waals surface area contributed by atoms with Gasteiger partial charge in [-0.2, -0.15) is 0 Å². The Hall–Kier alpha value is -2.86. The number of carbonyl (C=O) groups is 1. The Kier molecular flexibility index (Phi) is 6.62. The highest BCUT2D eigenvalue weighted by molar-refractivity contribution is 7.89. The van der Waals surface area contributed by atoms with E-state index in [9.17, 15) is 9.35 Å². The molecule has 3 aliphatic heterocycles. The topological polar surface area (TPSA) is 108 Å². The lowest BCUT2D eigenvalue weighted by atomic mass is 10.0. The first-order valence-corrected chi connectivity index (χ1v) is 15.1. The Morgan fingerprint density at radius 3 is 2.56 bits per heavy atom. The van der Waals surface area contributed by atoms with E-state index in [2.05, 4.69) is 43.4 Å². The first-order chi connectivity index (χ1) is 19.0. The van der Waals surface area contributed by atoms with Gasteiger partial charge in [0, 0.05) is 60.6 Å². The molecule has 0 bridgehead atoms. The smallest absolute Gasteiger partial charge is 0.241 e. The molecule has 1 aromatic carbocycles. The zero-order valence-electron chi connectivity index (χ0n) is 22.1. The predicted octanol–water partition coefficient (Wildman–Crippen LogP) is 2.52. The first-order valence-electron chi connectivity index (χ1n) is 13.9. The van der Waals surface area contributed by atoms with Crippen molar-refractivity contribution in [3.8, 4) is 17.1 Å². The number of rotatable bonds is 8. The molecule has 10 nitrogen and oxygen atoms in total. The van der Waals surface area contributed by atoms with Gasteiger partial charge in [0.2, 0.25) is 11.8 Å². The van der Waals surface area contributed by atoms with Crippen LogP contribution in [0.25, 0.3) is 22.3 Å². The average Bonchev–Trinajstić information content (AvgIpc) is 3.52. The SMILES string of the molecule is C[C@@H](Oc1nc(-c2ccc(N3CCN([S+]([O-])C4COC4)CC3)cc2)cc2ncn(C3CC3)c12)[C@H]1CNC(=O)C1. The van der Waals surface area contributed by atoms with Gasteiger partial charge < -0.3 is 28.8 Å². The van der Waals surface area contributed by atoms with E-state index in [1.807, 2.05) is 19.3 Å². The molecule has 4 aliphatic rings. The number of hydrogen-bond donors (Lipinski definition) is 1. The Balaban J connectivity index is 1.10. The fourth-order valence-electron chi connectivity index (χ4n) is 5.63. The van der Waals surface area contributed by atoms with E-state index in [0.717, 1.165) is 67.0 Å². The van der Waals surface area contributed by atoms with Gasteiger partial charge in [0.1, 0.15) is 11.6 Å². The van der Waals surface area contributed by atoms with Crippen LogP contribution in [-0.4, -0.2) is 86.6 Å².